The highest BCUT2D eigenvalue weighted by Gasteiger charge is 2.45. The van der Waals surface area contributed by atoms with Gasteiger partial charge < -0.3 is 15.0 Å². The maximum absolute atomic E-state index is 15.1. The number of carbonyl (C=O) groups is 2. The largest absolute Gasteiger partial charge is 0.378 e. The average molecular weight is 433 g/mol. The molecule has 7 heteroatoms. The number of halogens is 2. The lowest BCUT2D eigenvalue weighted by atomic mass is 9.68. The molecule has 2 aliphatic heterocycles. The van der Waals surface area contributed by atoms with Crippen molar-refractivity contribution in [2.45, 2.75) is 39.5 Å². The number of hydrogen-bond acceptors (Lipinski definition) is 4. The van der Waals surface area contributed by atoms with E-state index < -0.39 is 11.7 Å². The fourth-order valence-electron chi connectivity index (χ4n) is 4.73. The predicted octanol–water partition coefficient (Wildman–Crippen LogP) is 3.94. The third-order valence-corrected chi connectivity index (χ3v) is 6.39. The molecule has 0 aromatic heterocycles. The number of Topliss-reactive ketones (excluding diaryl/α,β-unsaturated/α-hetero) is 1. The van der Waals surface area contributed by atoms with Crippen LogP contribution in [0.15, 0.2) is 40.7 Å². The summed E-state index contributed by atoms with van der Waals surface area (Å²) in [7, 11) is 0. The van der Waals surface area contributed by atoms with Crippen molar-refractivity contribution in [2.24, 2.45) is 5.41 Å². The zero-order valence-corrected chi connectivity index (χ0v) is 18.2. The van der Waals surface area contributed by atoms with Crippen molar-refractivity contribution in [1.29, 1.82) is 0 Å². The summed E-state index contributed by atoms with van der Waals surface area (Å²) in [5.41, 5.74) is 2.23. The molecule has 1 amide bonds. The highest BCUT2D eigenvalue weighted by molar-refractivity contribution is 6.31. The van der Waals surface area contributed by atoms with Crippen molar-refractivity contribution in [3.63, 3.8) is 0 Å². The van der Waals surface area contributed by atoms with Crippen molar-refractivity contribution >= 4 is 23.3 Å². The van der Waals surface area contributed by atoms with Gasteiger partial charge in [0.15, 0.2) is 5.78 Å². The first-order chi connectivity index (χ1) is 14.2. The van der Waals surface area contributed by atoms with Gasteiger partial charge in [0.25, 0.3) is 5.91 Å². The van der Waals surface area contributed by atoms with E-state index in [1.54, 1.807) is 11.0 Å². The van der Waals surface area contributed by atoms with Gasteiger partial charge in [0, 0.05) is 52.6 Å². The third kappa shape index (κ3) is 3.67. The smallest absolute Gasteiger partial charge is 0.252 e. The van der Waals surface area contributed by atoms with Crippen molar-refractivity contribution < 1.29 is 18.7 Å². The average Bonchev–Trinajstić information content (AvgIpc) is 2.66. The topological polar surface area (TPSA) is 58.6 Å². The number of ether oxygens (including phenoxy) is 1. The number of amides is 1. The van der Waals surface area contributed by atoms with Gasteiger partial charge >= 0.3 is 0 Å². The molecule has 1 fully saturated rings. The molecule has 30 heavy (non-hydrogen) atoms. The molecule has 0 bridgehead atoms. The monoisotopic (exact) mass is 432 g/mol. The van der Waals surface area contributed by atoms with Crippen LogP contribution >= 0.6 is 11.6 Å². The summed E-state index contributed by atoms with van der Waals surface area (Å²) in [5.74, 6) is -1.62. The minimum absolute atomic E-state index is 0.0714. The van der Waals surface area contributed by atoms with Crippen LogP contribution < -0.4 is 5.32 Å². The Hall–Kier alpha value is -2.18. The number of carbonyl (C=O) groups excluding carboxylic acids is 2. The summed E-state index contributed by atoms with van der Waals surface area (Å²) in [6.07, 6.45) is 0.987. The third-order valence-electron chi connectivity index (χ3n) is 6.06. The van der Waals surface area contributed by atoms with E-state index >= 15 is 4.39 Å². The van der Waals surface area contributed by atoms with Crippen molar-refractivity contribution in [2.75, 3.05) is 26.3 Å². The Bertz CT molecular complexity index is 956. The number of nitrogens with one attached hydrogen (secondary N) is 1. The first-order valence-electron chi connectivity index (χ1n) is 10.2. The zero-order valence-electron chi connectivity index (χ0n) is 17.5. The van der Waals surface area contributed by atoms with Crippen molar-refractivity contribution in [3.05, 3.63) is 57.1 Å². The van der Waals surface area contributed by atoms with Crippen molar-refractivity contribution in [1.82, 2.24) is 10.2 Å². The number of benzene rings is 1. The van der Waals surface area contributed by atoms with Crippen LogP contribution in [0.25, 0.3) is 0 Å². The highest BCUT2D eigenvalue weighted by Crippen LogP contribution is 2.48. The van der Waals surface area contributed by atoms with Crippen LogP contribution in [-0.4, -0.2) is 42.9 Å². The van der Waals surface area contributed by atoms with Gasteiger partial charge in [-0.1, -0.05) is 31.5 Å². The quantitative estimate of drug-likeness (QED) is 0.769. The molecule has 1 aromatic carbocycles. The SMILES string of the molecule is CC1=C(C(=O)N2CCOCC2)[C@@H](c2c(F)cccc2Cl)C2=C(CC(C)(C)CC2=O)N1. The summed E-state index contributed by atoms with van der Waals surface area (Å²) < 4.78 is 20.4. The Morgan fingerprint density at radius 2 is 1.97 bits per heavy atom. The Morgan fingerprint density at radius 3 is 2.63 bits per heavy atom. The van der Waals surface area contributed by atoms with E-state index in [-0.39, 0.29) is 27.7 Å². The van der Waals surface area contributed by atoms with Crippen LogP contribution in [0.3, 0.4) is 0 Å². The molecule has 1 aliphatic carbocycles. The second kappa shape index (κ2) is 7.82. The van der Waals surface area contributed by atoms with Crippen molar-refractivity contribution in [3.8, 4) is 0 Å². The van der Waals surface area contributed by atoms with Gasteiger partial charge in [-0.05, 0) is 30.9 Å². The predicted molar refractivity (Wildman–Crippen MR) is 112 cm³/mol. The molecule has 160 valence electrons. The van der Waals surface area contributed by atoms with Gasteiger partial charge in [0.05, 0.1) is 19.1 Å². The molecule has 0 radical (unpaired) electrons. The Labute approximate surface area is 180 Å². The van der Waals surface area contributed by atoms with E-state index in [1.807, 2.05) is 20.8 Å². The number of allylic oxidation sites excluding steroid dienone is 3. The number of hydrogen-bond donors (Lipinski definition) is 1. The lowest BCUT2D eigenvalue weighted by Gasteiger charge is -2.41. The van der Waals surface area contributed by atoms with Crippen LogP contribution in [0.1, 0.15) is 45.1 Å². The number of dihydropyridines is 1. The lowest BCUT2D eigenvalue weighted by Crippen LogP contribution is -2.45. The molecule has 4 rings (SSSR count). The number of ketones is 1. The molecule has 2 heterocycles. The minimum Gasteiger partial charge on any atom is -0.378 e. The van der Waals surface area contributed by atoms with E-state index in [1.165, 1.54) is 12.1 Å². The standard InChI is InChI=1S/C23H26ClFN2O3/c1-13-18(22(29)27-7-9-30-10-8-27)21(19-14(24)5-4-6-15(19)25)20-16(26-13)11-23(2,3)12-17(20)28/h4-6,21,26H,7-12H2,1-3H3/t21-/m0/s1. The normalized spacial score (nSPS) is 24.0. The van der Waals surface area contributed by atoms with Crippen LogP contribution in [0.2, 0.25) is 5.02 Å². The molecule has 1 saturated heterocycles. The summed E-state index contributed by atoms with van der Waals surface area (Å²) >= 11 is 6.44. The van der Waals surface area contributed by atoms with Gasteiger partial charge in [-0.25, -0.2) is 4.39 Å². The van der Waals surface area contributed by atoms with Gasteiger partial charge in [0.1, 0.15) is 5.82 Å². The Balaban J connectivity index is 1.89. The molecule has 3 aliphatic rings. The Morgan fingerprint density at radius 1 is 1.27 bits per heavy atom. The van der Waals surface area contributed by atoms with Gasteiger partial charge in [-0.15, -0.1) is 0 Å². The molecule has 0 unspecified atom stereocenters. The van der Waals surface area contributed by atoms with E-state index in [0.717, 1.165) is 5.70 Å². The molecule has 1 N–H and O–H groups in total. The first kappa shape index (κ1) is 21.1. The molecule has 0 spiro atoms. The number of morpholine rings is 1. The summed E-state index contributed by atoms with van der Waals surface area (Å²) in [5, 5.41) is 3.52. The molecule has 5 nitrogen and oxygen atoms in total. The minimum atomic E-state index is -0.825. The maximum atomic E-state index is 15.1. The van der Waals surface area contributed by atoms with E-state index in [0.29, 0.717) is 56.0 Å². The fraction of sp³-hybridized carbons (Fsp3) is 0.478. The van der Waals surface area contributed by atoms with E-state index in [9.17, 15) is 9.59 Å². The van der Waals surface area contributed by atoms with Crippen LogP contribution in [0.4, 0.5) is 4.39 Å². The zero-order chi connectivity index (χ0) is 21.6. The molecular weight excluding hydrogens is 407 g/mol. The molecule has 1 atom stereocenters. The fourth-order valence-corrected chi connectivity index (χ4v) is 5.00. The van der Waals surface area contributed by atoms with E-state index in [2.05, 4.69) is 5.32 Å². The van der Waals surface area contributed by atoms with Gasteiger partial charge in [0.2, 0.25) is 0 Å². The second-order valence-corrected chi connectivity index (χ2v) is 9.38. The maximum Gasteiger partial charge on any atom is 0.252 e. The molecular formula is C23H26ClFN2O3. The lowest BCUT2D eigenvalue weighted by molar-refractivity contribution is -0.131. The second-order valence-electron chi connectivity index (χ2n) is 8.97. The van der Waals surface area contributed by atoms with Gasteiger partial charge in [-0.2, -0.15) is 0 Å². The summed E-state index contributed by atoms with van der Waals surface area (Å²) in [6, 6.07) is 4.46. The van der Waals surface area contributed by atoms with Crippen LogP contribution in [0, 0.1) is 11.2 Å². The van der Waals surface area contributed by atoms with Crippen LogP contribution in [-0.2, 0) is 14.3 Å². The Kier molecular flexibility index (Phi) is 5.49. The van der Waals surface area contributed by atoms with Gasteiger partial charge in [-0.3, -0.25) is 9.59 Å². The first-order valence-corrected chi connectivity index (χ1v) is 10.6. The summed E-state index contributed by atoms with van der Waals surface area (Å²) in [4.78, 5) is 28.5. The molecule has 0 saturated carbocycles. The van der Waals surface area contributed by atoms with E-state index in [4.69, 9.17) is 16.3 Å². The number of rotatable bonds is 2. The van der Waals surface area contributed by atoms with Crippen LogP contribution in [0.5, 0.6) is 0 Å². The highest BCUT2D eigenvalue weighted by atomic mass is 35.5. The summed E-state index contributed by atoms with van der Waals surface area (Å²) in [6.45, 7) is 7.71. The molecule has 1 aromatic rings. The number of nitrogens with zero attached hydrogens (tertiary/aromatic N) is 1.